The van der Waals surface area contributed by atoms with E-state index in [1.165, 1.54) is 42.7 Å². The lowest BCUT2D eigenvalue weighted by molar-refractivity contribution is -0.136. The van der Waals surface area contributed by atoms with E-state index in [0.717, 1.165) is 0 Å². The van der Waals surface area contributed by atoms with Gasteiger partial charge in [0.15, 0.2) is 0 Å². The Bertz CT molecular complexity index is 892. The molecule has 2 heterocycles. The summed E-state index contributed by atoms with van der Waals surface area (Å²) in [5.74, 6) is -1.18. The molecule has 0 unspecified atom stereocenters. The Morgan fingerprint density at radius 2 is 1.92 bits per heavy atom. The molecule has 25 heavy (non-hydrogen) atoms. The first kappa shape index (κ1) is 16.3. The Morgan fingerprint density at radius 1 is 1.20 bits per heavy atom. The van der Waals surface area contributed by atoms with Crippen molar-refractivity contribution in [1.82, 2.24) is 0 Å². The van der Waals surface area contributed by atoms with Crippen molar-refractivity contribution < 1.29 is 23.5 Å². The number of hydrogen-bond donors (Lipinski definition) is 1. The first-order chi connectivity index (χ1) is 12.0. The topological polar surface area (TPSA) is 103 Å². The molecule has 0 saturated heterocycles. The molecule has 1 aliphatic rings. The second kappa shape index (κ2) is 6.48. The fourth-order valence-electron chi connectivity index (χ4n) is 2.41. The van der Waals surface area contributed by atoms with Gasteiger partial charge in [-0.3, -0.25) is 14.5 Å². The zero-order valence-electron chi connectivity index (χ0n) is 13.3. The molecule has 7 nitrogen and oxygen atoms in total. The van der Waals surface area contributed by atoms with E-state index in [2.05, 4.69) is 0 Å². The summed E-state index contributed by atoms with van der Waals surface area (Å²) < 4.78 is 9.96. The van der Waals surface area contributed by atoms with Crippen molar-refractivity contribution in [2.45, 2.75) is 0 Å². The maximum atomic E-state index is 12.7. The number of rotatable bonds is 4. The molecule has 0 aliphatic carbocycles. The van der Waals surface area contributed by atoms with E-state index >= 15 is 0 Å². The van der Waals surface area contributed by atoms with Gasteiger partial charge in [0, 0.05) is 17.5 Å². The van der Waals surface area contributed by atoms with E-state index in [4.69, 9.17) is 14.9 Å². The Morgan fingerprint density at radius 3 is 2.48 bits per heavy atom. The van der Waals surface area contributed by atoms with Crippen LogP contribution in [0.4, 0.5) is 5.69 Å². The number of carbonyl (C=O) groups excluding carboxylic acids is 3. The summed E-state index contributed by atoms with van der Waals surface area (Å²) in [6.07, 6.45) is 4.33. The van der Waals surface area contributed by atoms with Crippen LogP contribution in [0.1, 0.15) is 16.1 Å². The van der Waals surface area contributed by atoms with Crippen molar-refractivity contribution in [3.8, 4) is 0 Å². The SMILES string of the molecule is COC(=O)C1=CN(c2ccc(C(N)=O)cc2)C(=O)/C1=C\c1ccco1. The summed E-state index contributed by atoms with van der Waals surface area (Å²) in [6, 6.07) is 9.49. The minimum Gasteiger partial charge on any atom is -0.465 e. The van der Waals surface area contributed by atoms with Crippen molar-refractivity contribution in [2.75, 3.05) is 12.0 Å². The van der Waals surface area contributed by atoms with Gasteiger partial charge in [0.05, 0.1) is 24.5 Å². The van der Waals surface area contributed by atoms with Crippen molar-refractivity contribution in [1.29, 1.82) is 0 Å². The summed E-state index contributed by atoms with van der Waals surface area (Å²) in [5, 5.41) is 0. The number of amides is 2. The van der Waals surface area contributed by atoms with Crippen LogP contribution in [0.15, 0.2) is 64.4 Å². The molecule has 1 aliphatic heterocycles. The lowest BCUT2D eigenvalue weighted by Gasteiger charge is -2.13. The molecule has 0 spiro atoms. The van der Waals surface area contributed by atoms with Gasteiger partial charge >= 0.3 is 5.97 Å². The predicted molar refractivity (Wildman–Crippen MR) is 89.2 cm³/mol. The predicted octanol–water partition coefficient (Wildman–Crippen LogP) is 1.87. The molecule has 0 saturated carbocycles. The van der Waals surface area contributed by atoms with Gasteiger partial charge in [-0.25, -0.2) is 4.79 Å². The van der Waals surface area contributed by atoms with Crippen molar-refractivity contribution in [2.24, 2.45) is 5.73 Å². The molecule has 126 valence electrons. The summed E-state index contributed by atoms with van der Waals surface area (Å²) >= 11 is 0. The zero-order chi connectivity index (χ0) is 18.0. The Balaban J connectivity index is 2.01. The third-order valence-electron chi connectivity index (χ3n) is 3.66. The van der Waals surface area contributed by atoms with E-state index in [1.54, 1.807) is 24.3 Å². The maximum Gasteiger partial charge on any atom is 0.340 e. The van der Waals surface area contributed by atoms with Crippen LogP contribution in [0.3, 0.4) is 0 Å². The highest BCUT2D eigenvalue weighted by Gasteiger charge is 2.33. The highest BCUT2D eigenvalue weighted by Crippen LogP contribution is 2.30. The largest absolute Gasteiger partial charge is 0.465 e. The monoisotopic (exact) mass is 338 g/mol. The molecular formula is C18H14N2O5. The zero-order valence-corrected chi connectivity index (χ0v) is 13.3. The Hall–Kier alpha value is -3.61. The number of furan rings is 1. The van der Waals surface area contributed by atoms with E-state index in [1.807, 2.05) is 0 Å². The standard InChI is InChI=1S/C18H14N2O5/c1-24-18(23)15-10-20(12-6-4-11(5-7-12)16(19)21)17(22)14(15)9-13-3-2-8-25-13/h2-10H,1H3,(H2,19,21)/b14-9-. The lowest BCUT2D eigenvalue weighted by atomic mass is 10.1. The minimum absolute atomic E-state index is 0.114. The molecule has 7 heteroatoms. The average molecular weight is 338 g/mol. The number of methoxy groups -OCH3 is 1. The van der Waals surface area contributed by atoms with Crippen LogP contribution < -0.4 is 10.6 Å². The molecule has 0 atom stereocenters. The van der Waals surface area contributed by atoms with E-state index < -0.39 is 17.8 Å². The van der Waals surface area contributed by atoms with E-state index in [9.17, 15) is 14.4 Å². The van der Waals surface area contributed by atoms with Crippen LogP contribution in [0.25, 0.3) is 6.08 Å². The number of ether oxygens (including phenoxy) is 1. The Kier molecular flexibility index (Phi) is 4.21. The van der Waals surface area contributed by atoms with E-state index in [0.29, 0.717) is 17.0 Å². The van der Waals surface area contributed by atoms with Crippen LogP contribution in [0.5, 0.6) is 0 Å². The fourth-order valence-corrected chi connectivity index (χ4v) is 2.41. The first-order valence-corrected chi connectivity index (χ1v) is 7.30. The van der Waals surface area contributed by atoms with Crippen LogP contribution in [-0.4, -0.2) is 24.9 Å². The summed E-state index contributed by atoms with van der Waals surface area (Å²) in [7, 11) is 1.24. The lowest BCUT2D eigenvalue weighted by Crippen LogP contribution is -2.21. The molecular weight excluding hydrogens is 324 g/mol. The van der Waals surface area contributed by atoms with Crippen molar-refractivity contribution >= 4 is 29.5 Å². The van der Waals surface area contributed by atoms with Gasteiger partial charge in [0.1, 0.15) is 5.76 Å². The van der Waals surface area contributed by atoms with Crippen molar-refractivity contribution in [3.63, 3.8) is 0 Å². The molecule has 0 radical (unpaired) electrons. The number of nitrogens with zero attached hydrogens (tertiary/aromatic N) is 1. The first-order valence-electron chi connectivity index (χ1n) is 7.30. The maximum absolute atomic E-state index is 12.7. The van der Waals surface area contributed by atoms with Crippen LogP contribution in [0.2, 0.25) is 0 Å². The third kappa shape index (κ3) is 3.07. The summed E-state index contributed by atoms with van der Waals surface area (Å²) in [6.45, 7) is 0. The molecule has 1 aromatic heterocycles. The summed E-state index contributed by atoms with van der Waals surface area (Å²) in [4.78, 5) is 37.2. The van der Waals surface area contributed by atoms with Crippen molar-refractivity contribution in [3.05, 3.63) is 71.3 Å². The smallest absolute Gasteiger partial charge is 0.340 e. The molecule has 3 rings (SSSR count). The number of nitrogens with two attached hydrogens (primary N) is 1. The normalized spacial score (nSPS) is 15.4. The van der Waals surface area contributed by atoms with Gasteiger partial charge in [-0.1, -0.05) is 0 Å². The van der Waals surface area contributed by atoms with Gasteiger partial charge in [-0.2, -0.15) is 0 Å². The number of carbonyl (C=O) groups is 3. The van der Waals surface area contributed by atoms with Gasteiger partial charge < -0.3 is 14.9 Å². The quantitative estimate of drug-likeness (QED) is 0.677. The minimum atomic E-state index is -0.637. The average Bonchev–Trinajstić information content (AvgIpc) is 3.24. The highest BCUT2D eigenvalue weighted by atomic mass is 16.5. The molecule has 0 fully saturated rings. The second-order valence-electron chi connectivity index (χ2n) is 5.19. The number of benzene rings is 1. The van der Waals surface area contributed by atoms with Gasteiger partial charge in [0.25, 0.3) is 5.91 Å². The fraction of sp³-hybridized carbons (Fsp3) is 0.0556. The van der Waals surface area contributed by atoms with Gasteiger partial charge in [-0.15, -0.1) is 0 Å². The van der Waals surface area contributed by atoms with E-state index in [-0.39, 0.29) is 11.1 Å². The third-order valence-corrected chi connectivity index (χ3v) is 3.66. The highest BCUT2D eigenvalue weighted by molar-refractivity contribution is 6.22. The number of primary amides is 1. The molecule has 2 aromatic rings. The molecule has 2 amide bonds. The van der Waals surface area contributed by atoms with Gasteiger partial charge in [-0.05, 0) is 42.5 Å². The molecule has 0 bridgehead atoms. The molecule has 2 N–H and O–H groups in total. The Labute approximate surface area is 143 Å². The van der Waals surface area contributed by atoms with Crippen LogP contribution in [0, 0.1) is 0 Å². The molecule has 1 aromatic carbocycles. The second-order valence-corrected chi connectivity index (χ2v) is 5.19. The van der Waals surface area contributed by atoms with Crippen LogP contribution in [-0.2, 0) is 14.3 Å². The van der Waals surface area contributed by atoms with Crippen LogP contribution >= 0.6 is 0 Å². The summed E-state index contributed by atoms with van der Waals surface area (Å²) in [5.41, 5.74) is 6.28. The van der Waals surface area contributed by atoms with Gasteiger partial charge in [0.2, 0.25) is 5.91 Å². The number of anilines is 1. The number of hydrogen-bond acceptors (Lipinski definition) is 5. The number of esters is 1.